The zero-order valence-corrected chi connectivity index (χ0v) is 18.6. The molecule has 0 saturated heterocycles. The number of allylic oxidation sites excluding steroid dienone is 2. The van der Waals surface area contributed by atoms with Crippen molar-refractivity contribution in [2.75, 3.05) is 12.4 Å². The SMILES string of the molecule is COc1ccc(-c2cnc3n2C=CCC=C3Nc2ccc3c(c2)CCCCCC3=O)cc1F. The number of aryl methyl sites for hydroxylation is 1. The molecule has 0 saturated carbocycles. The summed E-state index contributed by atoms with van der Waals surface area (Å²) in [6.45, 7) is 0. The van der Waals surface area contributed by atoms with E-state index in [1.165, 1.54) is 13.2 Å². The Morgan fingerprint density at radius 1 is 1.09 bits per heavy atom. The van der Waals surface area contributed by atoms with Crippen molar-refractivity contribution >= 4 is 23.4 Å². The van der Waals surface area contributed by atoms with Gasteiger partial charge in [0, 0.05) is 29.4 Å². The standard InChI is InChI=1S/C27H26FN3O2/c1-33-26-13-10-19(16-22(26)28)24-17-29-27-23(8-5-6-14-31(24)27)30-20-11-12-21-18(15-20)7-3-2-4-9-25(21)32/h6,8,10-17,30H,2-5,7,9H2,1H3. The number of fused-ring (bicyclic) bond motifs is 2. The number of carbonyl (C=O) groups is 1. The van der Waals surface area contributed by atoms with Crippen molar-refractivity contribution in [3.05, 3.63) is 77.5 Å². The van der Waals surface area contributed by atoms with Gasteiger partial charge in [-0.25, -0.2) is 9.37 Å². The van der Waals surface area contributed by atoms with E-state index in [1.54, 1.807) is 12.3 Å². The van der Waals surface area contributed by atoms with Gasteiger partial charge in [0.1, 0.15) is 0 Å². The largest absolute Gasteiger partial charge is 0.494 e. The van der Waals surface area contributed by atoms with Crippen LogP contribution >= 0.6 is 0 Å². The predicted molar refractivity (Wildman–Crippen MR) is 129 cm³/mol. The van der Waals surface area contributed by atoms with E-state index >= 15 is 0 Å². The molecule has 5 rings (SSSR count). The highest BCUT2D eigenvalue weighted by Gasteiger charge is 2.19. The molecule has 0 atom stereocenters. The first kappa shape index (κ1) is 21.2. The molecule has 33 heavy (non-hydrogen) atoms. The average Bonchev–Trinajstić information content (AvgIpc) is 3.13. The summed E-state index contributed by atoms with van der Waals surface area (Å²) in [5.74, 6) is 0.788. The van der Waals surface area contributed by atoms with E-state index in [-0.39, 0.29) is 11.5 Å². The first-order valence-electron chi connectivity index (χ1n) is 11.4. The van der Waals surface area contributed by atoms with Crippen LogP contribution in [0.4, 0.5) is 10.1 Å². The van der Waals surface area contributed by atoms with E-state index in [1.807, 2.05) is 35.0 Å². The molecule has 1 aromatic heterocycles. The number of imidazole rings is 1. The molecule has 0 amide bonds. The minimum Gasteiger partial charge on any atom is -0.494 e. The fraction of sp³-hybridized carbons (Fsp3) is 0.259. The molecule has 1 aliphatic heterocycles. The number of anilines is 1. The van der Waals surface area contributed by atoms with Crippen molar-refractivity contribution in [2.24, 2.45) is 0 Å². The summed E-state index contributed by atoms with van der Waals surface area (Å²) in [7, 11) is 1.45. The van der Waals surface area contributed by atoms with Crippen molar-refractivity contribution in [1.82, 2.24) is 9.55 Å². The number of Topliss-reactive ketones (excluding diaryl/α,β-unsaturated/α-hetero) is 1. The van der Waals surface area contributed by atoms with E-state index in [4.69, 9.17) is 4.74 Å². The molecule has 0 unspecified atom stereocenters. The summed E-state index contributed by atoms with van der Waals surface area (Å²) in [4.78, 5) is 17.1. The Morgan fingerprint density at radius 2 is 1.97 bits per heavy atom. The van der Waals surface area contributed by atoms with E-state index in [9.17, 15) is 9.18 Å². The minimum atomic E-state index is -0.410. The number of rotatable bonds is 4. The van der Waals surface area contributed by atoms with Gasteiger partial charge in [0.05, 0.1) is 24.7 Å². The van der Waals surface area contributed by atoms with Gasteiger partial charge in [0.25, 0.3) is 0 Å². The normalized spacial score (nSPS) is 15.6. The molecule has 5 nitrogen and oxygen atoms in total. The molecular weight excluding hydrogens is 417 g/mol. The molecule has 6 heteroatoms. The van der Waals surface area contributed by atoms with Crippen molar-refractivity contribution < 1.29 is 13.9 Å². The van der Waals surface area contributed by atoms with E-state index < -0.39 is 5.82 Å². The Labute approximate surface area is 192 Å². The van der Waals surface area contributed by atoms with Crippen molar-refractivity contribution in [1.29, 1.82) is 0 Å². The Kier molecular flexibility index (Phi) is 5.82. The smallest absolute Gasteiger partial charge is 0.165 e. The van der Waals surface area contributed by atoms with Gasteiger partial charge in [0.2, 0.25) is 0 Å². The fourth-order valence-electron chi connectivity index (χ4n) is 4.52. The maximum atomic E-state index is 14.3. The number of nitrogens with one attached hydrogen (secondary N) is 1. The lowest BCUT2D eigenvalue weighted by molar-refractivity contribution is 0.0976. The van der Waals surface area contributed by atoms with Crippen LogP contribution < -0.4 is 10.1 Å². The third-order valence-corrected chi connectivity index (χ3v) is 6.23. The fourth-order valence-corrected chi connectivity index (χ4v) is 4.52. The third kappa shape index (κ3) is 4.21. The number of halogens is 1. The minimum absolute atomic E-state index is 0.213. The molecule has 0 radical (unpaired) electrons. The van der Waals surface area contributed by atoms with Crippen LogP contribution in [0.1, 0.15) is 53.8 Å². The van der Waals surface area contributed by atoms with Crippen LogP contribution in [-0.2, 0) is 6.42 Å². The number of hydrogen-bond donors (Lipinski definition) is 1. The highest BCUT2D eigenvalue weighted by atomic mass is 19.1. The van der Waals surface area contributed by atoms with Gasteiger partial charge in [-0.15, -0.1) is 0 Å². The Balaban J connectivity index is 1.46. The van der Waals surface area contributed by atoms with Crippen LogP contribution in [0, 0.1) is 5.82 Å². The third-order valence-electron chi connectivity index (χ3n) is 6.23. The number of hydrogen-bond acceptors (Lipinski definition) is 4. The monoisotopic (exact) mass is 443 g/mol. The van der Waals surface area contributed by atoms with E-state index in [2.05, 4.69) is 22.4 Å². The van der Waals surface area contributed by atoms with Crippen LogP contribution in [0.25, 0.3) is 23.2 Å². The molecule has 0 fully saturated rings. The predicted octanol–water partition coefficient (Wildman–Crippen LogP) is 6.32. The molecular formula is C27H26FN3O2. The molecule has 0 spiro atoms. The molecule has 1 N–H and O–H groups in total. The summed E-state index contributed by atoms with van der Waals surface area (Å²) in [6, 6.07) is 10.9. The summed E-state index contributed by atoms with van der Waals surface area (Å²) >= 11 is 0. The number of aromatic nitrogens is 2. The number of nitrogens with zero attached hydrogens (tertiary/aromatic N) is 2. The van der Waals surface area contributed by atoms with E-state index in [0.29, 0.717) is 6.42 Å². The second-order valence-corrected chi connectivity index (χ2v) is 8.41. The van der Waals surface area contributed by atoms with Gasteiger partial charge in [-0.1, -0.05) is 18.6 Å². The van der Waals surface area contributed by atoms with Crippen LogP contribution in [-0.4, -0.2) is 22.4 Å². The van der Waals surface area contributed by atoms with Gasteiger partial charge in [-0.2, -0.15) is 0 Å². The number of methoxy groups -OCH3 is 1. The van der Waals surface area contributed by atoms with Crippen LogP contribution in [0.2, 0.25) is 0 Å². The lowest BCUT2D eigenvalue weighted by Crippen LogP contribution is -2.09. The summed E-state index contributed by atoms with van der Waals surface area (Å²) in [5, 5.41) is 3.50. The molecule has 2 aliphatic rings. The Morgan fingerprint density at radius 3 is 2.82 bits per heavy atom. The van der Waals surface area contributed by atoms with Gasteiger partial charge < -0.3 is 10.1 Å². The zero-order chi connectivity index (χ0) is 22.8. The van der Waals surface area contributed by atoms with Crippen molar-refractivity contribution in [3.8, 4) is 17.0 Å². The maximum absolute atomic E-state index is 14.3. The second-order valence-electron chi connectivity index (χ2n) is 8.41. The molecule has 2 aromatic carbocycles. The number of carbonyl (C=O) groups excluding carboxylic acids is 1. The molecule has 0 bridgehead atoms. The van der Waals surface area contributed by atoms with Crippen molar-refractivity contribution in [3.63, 3.8) is 0 Å². The first-order chi connectivity index (χ1) is 16.1. The molecule has 2 heterocycles. The second kappa shape index (κ2) is 9.06. The van der Waals surface area contributed by atoms with Gasteiger partial charge in [-0.3, -0.25) is 9.36 Å². The van der Waals surface area contributed by atoms with Crippen LogP contribution in [0.15, 0.2) is 54.7 Å². The first-order valence-corrected chi connectivity index (χ1v) is 11.4. The van der Waals surface area contributed by atoms with Crippen LogP contribution in [0.5, 0.6) is 5.75 Å². The lowest BCUT2D eigenvalue weighted by Gasteiger charge is -2.16. The average molecular weight is 444 g/mol. The summed E-state index contributed by atoms with van der Waals surface area (Å²) < 4.78 is 21.3. The summed E-state index contributed by atoms with van der Waals surface area (Å²) in [5.41, 5.74) is 5.27. The van der Waals surface area contributed by atoms with Crippen LogP contribution in [0.3, 0.4) is 0 Å². The maximum Gasteiger partial charge on any atom is 0.165 e. The highest BCUT2D eigenvalue weighted by Crippen LogP contribution is 2.31. The molecule has 168 valence electrons. The molecule has 1 aliphatic carbocycles. The highest BCUT2D eigenvalue weighted by molar-refractivity contribution is 5.98. The van der Waals surface area contributed by atoms with E-state index in [0.717, 1.165) is 71.7 Å². The number of benzene rings is 2. The van der Waals surface area contributed by atoms with Gasteiger partial charge >= 0.3 is 0 Å². The topological polar surface area (TPSA) is 56.1 Å². The van der Waals surface area contributed by atoms with Gasteiger partial charge in [0.15, 0.2) is 23.2 Å². The quantitative estimate of drug-likeness (QED) is 0.512. The Bertz CT molecular complexity index is 1270. The van der Waals surface area contributed by atoms with Crippen molar-refractivity contribution in [2.45, 2.75) is 38.5 Å². The lowest BCUT2D eigenvalue weighted by atomic mass is 9.92. The van der Waals surface area contributed by atoms with Gasteiger partial charge in [-0.05, 0) is 67.6 Å². The zero-order valence-electron chi connectivity index (χ0n) is 18.6. The Hall–Kier alpha value is -3.67. The summed E-state index contributed by atoms with van der Waals surface area (Å²) in [6.07, 6.45) is 13.3. The number of ketones is 1. The molecule has 3 aromatic rings. The number of ether oxygens (including phenoxy) is 1.